The summed E-state index contributed by atoms with van der Waals surface area (Å²) in [5.74, 6) is 1.96. The minimum Gasteiger partial charge on any atom is -0.481 e. The lowest BCUT2D eigenvalue weighted by Gasteiger charge is -2.52. The van der Waals surface area contributed by atoms with E-state index in [1.807, 2.05) is 6.07 Å². The van der Waals surface area contributed by atoms with Gasteiger partial charge in [0.15, 0.2) is 0 Å². The Balaban J connectivity index is 1.50. The van der Waals surface area contributed by atoms with Crippen molar-refractivity contribution in [2.45, 2.75) is 12.0 Å². The molecule has 3 heterocycles. The molecule has 0 bridgehead atoms. The van der Waals surface area contributed by atoms with Gasteiger partial charge in [-0.15, -0.1) is 0 Å². The van der Waals surface area contributed by atoms with Gasteiger partial charge in [0.25, 0.3) is 0 Å². The number of likely N-dealkylation sites (tertiary alicyclic amines) is 1. The molecular weight excluding hydrogens is 322 g/mol. The van der Waals surface area contributed by atoms with Crippen LogP contribution in [0.15, 0.2) is 12.4 Å². The number of nitrogens with zero attached hydrogens (tertiary/aromatic N) is 5. The van der Waals surface area contributed by atoms with E-state index in [9.17, 15) is 4.79 Å². The zero-order valence-corrected chi connectivity index (χ0v) is 15.4. The van der Waals surface area contributed by atoms with Crippen molar-refractivity contribution in [1.29, 1.82) is 0 Å². The molecule has 138 valence electrons. The van der Waals surface area contributed by atoms with Gasteiger partial charge in [0.1, 0.15) is 18.8 Å². The second kappa shape index (κ2) is 7.13. The molecule has 0 radical (unpaired) electrons. The Morgan fingerprint density at radius 2 is 2.16 bits per heavy atom. The number of carbonyl (C=O) groups excluding carboxylic acids is 1. The predicted octanol–water partition coefficient (Wildman–Crippen LogP) is 0.101. The zero-order valence-electron chi connectivity index (χ0n) is 15.4. The first-order valence-electron chi connectivity index (χ1n) is 8.53. The maximum atomic E-state index is 11.6. The second-order valence-electron chi connectivity index (χ2n) is 7.25. The fourth-order valence-corrected chi connectivity index (χ4v) is 3.70. The van der Waals surface area contributed by atoms with Crippen LogP contribution in [0.1, 0.15) is 6.42 Å². The van der Waals surface area contributed by atoms with Gasteiger partial charge in [-0.25, -0.2) is 9.97 Å². The van der Waals surface area contributed by atoms with Crippen LogP contribution in [0.5, 0.6) is 5.88 Å². The molecule has 0 unspecified atom stereocenters. The number of amides is 1. The van der Waals surface area contributed by atoms with Gasteiger partial charge in [-0.3, -0.25) is 9.69 Å². The molecule has 2 fully saturated rings. The Morgan fingerprint density at radius 1 is 1.40 bits per heavy atom. The van der Waals surface area contributed by atoms with Gasteiger partial charge in [-0.05, 0) is 19.4 Å². The van der Waals surface area contributed by atoms with Gasteiger partial charge in [-0.1, -0.05) is 0 Å². The number of anilines is 1. The summed E-state index contributed by atoms with van der Waals surface area (Å²) in [6.07, 6.45) is 2.62. The van der Waals surface area contributed by atoms with Crippen molar-refractivity contribution in [1.82, 2.24) is 19.8 Å². The van der Waals surface area contributed by atoms with Crippen LogP contribution >= 0.6 is 0 Å². The highest BCUT2D eigenvalue weighted by Gasteiger charge is 2.52. The van der Waals surface area contributed by atoms with Gasteiger partial charge >= 0.3 is 0 Å². The largest absolute Gasteiger partial charge is 0.481 e. The summed E-state index contributed by atoms with van der Waals surface area (Å²) >= 11 is 0. The number of aromatic nitrogens is 2. The van der Waals surface area contributed by atoms with Crippen LogP contribution in [0, 0.1) is 5.92 Å². The van der Waals surface area contributed by atoms with Gasteiger partial charge < -0.3 is 19.3 Å². The zero-order chi connectivity index (χ0) is 18.0. The number of rotatable bonds is 6. The second-order valence-corrected chi connectivity index (χ2v) is 7.25. The SMILES string of the molecule is COc1cc(N2CC3(C[C@H](COCC(=O)N(C)C)CN3C)C2)ncn1. The number of methoxy groups -OCH3 is 1. The molecule has 2 aliphatic heterocycles. The molecular formula is C17H27N5O3. The van der Waals surface area contributed by atoms with E-state index in [4.69, 9.17) is 9.47 Å². The van der Waals surface area contributed by atoms with E-state index < -0.39 is 0 Å². The Labute approximate surface area is 148 Å². The summed E-state index contributed by atoms with van der Waals surface area (Å²) in [6.45, 7) is 3.67. The topological polar surface area (TPSA) is 71.0 Å². The number of hydrogen-bond donors (Lipinski definition) is 0. The Hall–Kier alpha value is -1.93. The minimum atomic E-state index is 0.00796. The average molecular weight is 349 g/mol. The Kier molecular flexibility index (Phi) is 5.10. The van der Waals surface area contributed by atoms with Crippen molar-refractivity contribution >= 4 is 11.7 Å². The third-order valence-corrected chi connectivity index (χ3v) is 5.22. The number of likely N-dealkylation sites (N-methyl/N-ethyl adjacent to an activating group) is 2. The lowest BCUT2D eigenvalue weighted by atomic mass is 9.84. The van der Waals surface area contributed by atoms with Gasteiger partial charge in [-0.2, -0.15) is 0 Å². The van der Waals surface area contributed by atoms with Crippen LogP contribution in [0.2, 0.25) is 0 Å². The molecule has 8 heteroatoms. The molecule has 3 rings (SSSR count). The molecule has 1 aromatic heterocycles. The van der Waals surface area contributed by atoms with E-state index in [1.54, 1.807) is 26.1 Å². The maximum absolute atomic E-state index is 11.6. The van der Waals surface area contributed by atoms with Gasteiger partial charge in [0, 0.05) is 39.8 Å². The summed E-state index contributed by atoms with van der Waals surface area (Å²) in [5.41, 5.74) is 0.178. The van der Waals surface area contributed by atoms with Crippen LogP contribution < -0.4 is 9.64 Å². The Morgan fingerprint density at radius 3 is 2.84 bits per heavy atom. The standard InChI is InChI=1S/C17H27N5O3/c1-20(2)16(23)9-25-8-13-6-17(21(3)7-13)10-22(11-17)14-5-15(24-4)19-12-18-14/h5,12-13H,6-11H2,1-4H3/t13-/m0/s1. The summed E-state index contributed by atoms with van der Waals surface area (Å²) in [6, 6.07) is 1.87. The summed E-state index contributed by atoms with van der Waals surface area (Å²) in [4.78, 5) is 26.2. The van der Waals surface area contributed by atoms with Crippen molar-refractivity contribution in [2.75, 3.05) is 66.0 Å². The average Bonchev–Trinajstić information content (AvgIpc) is 2.90. The molecule has 0 aromatic carbocycles. The fourth-order valence-electron chi connectivity index (χ4n) is 3.70. The van der Waals surface area contributed by atoms with Crippen molar-refractivity contribution < 1.29 is 14.3 Å². The maximum Gasteiger partial charge on any atom is 0.248 e. The van der Waals surface area contributed by atoms with E-state index in [1.165, 1.54) is 6.33 Å². The molecule has 1 amide bonds. The third-order valence-electron chi connectivity index (χ3n) is 5.22. The van der Waals surface area contributed by atoms with Gasteiger partial charge in [0.2, 0.25) is 11.8 Å². The van der Waals surface area contributed by atoms with E-state index >= 15 is 0 Å². The summed E-state index contributed by atoms with van der Waals surface area (Å²) in [7, 11) is 7.27. The van der Waals surface area contributed by atoms with Crippen molar-refractivity contribution in [3.63, 3.8) is 0 Å². The van der Waals surface area contributed by atoms with Crippen molar-refractivity contribution in [2.24, 2.45) is 5.92 Å². The van der Waals surface area contributed by atoms with Gasteiger partial charge in [0.05, 0.1) is 19.3 Å². The highest BCUT2D eigenvalue weighted by atomic mass is 16.5. The van der Waals surface area contributed by atoms with E-state index in [-0.39, 0.29) is 18.1 Å². The summed E-state index contributed by atoms with van der Waals surface area (Å²) in [5, 5.41) is 0. The molecule has 0 N–H and O–H groups in total. The number of carbonyl (C=O) groups is 1. The first kappa shape index (κ1) is 17.9. The normalized spacial score (nSPS) is 22.1. The fraction of sp³-hybridized carbons (Fsp3) is 0.706. The van der Waals surface area contributed by atoms with Crippen LogP contribution in [0.3, 0.4) is 0 Å². The molecule has 25 heavy (non-hydrogen) atoms. The molecule has 0 saturated carbocycles. The number of ether oxygens (including phenoxy) is 2. The molecule has 1 aromatic rings. The lowest BCUT2D eigenvalue weighted by molar-refractivity contribution is -0.133. The van der Waals surface area contributed by atoms with Crippen LogP contribution in [-0.2, 0) is 9.53 Å². The first-order valence-corrected chi connectivity index (χ1v) is 8.53. The Bertz CT molecular complexity index is 618. The molecule has 2 aliphatic rings. The van der Waals surface area contributed by atoms with Crippen LogP contribution in [0.4, 0.5) is 5.82 Å². The van der Waals surface area contributed by atoms with Crippen LogP contribution in [-0.4, -0.2) is 92.3 Å². The summed E-state index contributed by atoms with van der Waals surface area (Å²) < 4.78 is 10.8. The molecule has 8 nitrogen and oxygen atoms in total. The highest BCUT2D eigenvalue weighted by molar-refractivity contribution is 5.76. The van der Waals surface area contributed by atoms with Crippen LogP contribution in [0.25, 0.3) is 0 Å². The molecule has 0 aliphatic carbocycles. The molecule has 1 spiro atoms. The first-order chi connectivity index (χ1) is 11.9. The third kappa shape index (κ3) is 3.69. The van der Waals surface area contributed by atoms with E-state index in [0.717, 1.165) is 31.9 Å². The van der Waals surface area contributed by atoms with E-state index in [2.05, 4.69) is 26.8 Å². The predicted molar refractivity (Wildman–Crippen MR) is 93.8 cm³/mol. The number of hydrogen-bond acceptors (Lipinski definition) is 7. The van der Waals surface area contributed by atoms with Crippen molar-refractivity contribution in [3.8, 4) is 5.88 Å². The monoisotopic (exact) mass is 349 g/mol. The van der Waals surface area contributed by atoms with E-state index in [0.29, 0.717) is 18.4 Å². The quantitative estimate of drug-likeness (QED) is 0.721. The minimum absolute atomic E-state index is 0.00796. The molecule has 1 atom stereocenters. The van der Waals surface area contributed by atoms with Crippen molar-refractivity contribution in [3.05, 3.63) is 12.4 Å². The highest BCUT2D eigenvalue weighted by Crippen LogP contribution is 2.41. The molecule has 2 saturated heterocycles. The smallest absolute Gasteiger partial charge is 0.248 e. The lowest BCUT2D eigenvalue weighted by Crippen LogP contribution is -2.67.